The zero-order chi connectivity index (χ0) is 28.6. The average molecular weight is 559 g/mol. The van der Waals surface area contributed by atoms with Crippen LogP contribution in [0, 0.1) is 11.8 Å². The number of pyridine rings is 1. The molecule has 2 aliphatic heterocycles. The predicted octanol–water partition coefficient (Wildman–Crippen LogP) is 3.16. The molecule has 3 aliphatic rings. The molecule has 40 heavy (non-hydrogen) atoms. The van der Waals surface area contributed by atoms with Crippen LogP contribution in [0.4, 0.5) is 13.2 Å². The van der Waals surface area contributed by atoms with Crippen molar-refractivity contribution in [3.05, 3.63) is 65.0 Å². The Morgan fingerprint density at radius 1 is 1.07 bits per heavy atom. The van der Waals surface area contributed by atoms with E-state index < -0.39 is 41.8 Å². The topological polar surface area (TPSA) is 91.8 Å². The summed E-state index contributed by atoms with van der Waals surface area (Å²) in [5.74, 6) is -1.44. The normalized spacial score (nSPS) is 22.9. The lowest BCUT2D eigenvalue weighted by Gasteiger charge is -2.46. The van der Waals surface area contributed by atoms with Gasteiger partial charge in [0.1, 0.15) is 23.8 Å². The molecule has 3 amide bonds. The van der Waals surface area contributed by atoms with Gasteiger partial charge in [-0.2, -0.15) is 13.2 Å². The van der Waals surface area contributed by atoms with E-state index in [1.807, 2.05) is 38.1 Å². The summed E-state index contributed by atoms with van der Waals surface area (Å²) >= 11 is 0. The summed E-state index contributed by atoms with van der Waals surface area (Å²) in [6.45, 7) is 4.97. The van der Waals surface area contributed by atoms with Gasteiger partial charge in [-0.3, -0.25) is 19.4 Å². The first-order valence-electron chi connectivity index (χ1n) is 13.6. The van der Waals surface area contributed by atoms with E-state index in [1.165, 1.54) is 11.0 Å². The molecule has 3 atom stereocenters. The van der Waals surface area contributed by atoms with E-state index >= 15 is 0 Å². The van der Waals surface area contributed by atoms with Crippen LogP contribution < -0.4 is 5.32 Å². The number of amides is 3. The van der Waals surface area contributed by atoms with Gasteiger partial charge in [-0.05, 0) is 48.3 Å². The molecule has 2 aromatic rings. The summed E-state index contributed by atoms with van der Waals surface area (Å²) in [4.78, 5) is 48.5. The fraction of sp³-hybridized carbons (Fsp3) is 0.517. The highest BCUT2D eigenvalue weighted by Gasteiger charge is 2.50. The van der Waals surface area contributed by atoms with E-state index in [1.54, 1.807) is 4.90 Å². The number of fused-ring (bicyclic) bond motifs is 1. The lowest BCUT2D eigenvalue weighted by atomic mass is 9.88. The maximum absolute atomic E-state index is 14.3. The van der Waals surface area contributed by atoms with Crippen molar-refractivity contribution in [2.45, 2.75) is 57.4 Å². The number of hydrogen-bond acceptors (Lipinski definition) is 5. The molecule has 0 radical (unpaired) electrons. The first-order valence-corrected chi connectivity index (χ1v) is 13.6. The zero-order valence-corrected chi connectivity index (χ0v) is 22.5. The van der Waals surface area contributed by atoms with Crippen molar-refractivity contribution in [1.29, 1.82) is 0 Å². The third-order valence-corrected chi connectivity index (χ3v) is 7.93. The highest BCUT2D eigenvalue weighted by atomic mass is 19.4. The second kappa shape index (κ2) is 11.2. The fourth-order valence-corrected chi connectivity index (χ4v) is 5.99. The molecule has 5 rings (SSSR count). The molecule has 0 spiro atoms. The summed E-state index contributed by atoms with van der Waals surface area (Å²) in [7, 11) is 0. The largest absolute Gasteiger partial charge is 0.433 e. The van der Waals surface area contributed by atoms with Gasteiger partial charge in [-0.25, -0.2) is 0 Å². The number of rotatable bonds is 6. The van der Waals surface area contributed by atoms with Gasteiger partial charge in [0.2, 0.25) is 17.7 Å². The quantitative estimate of drug-likeness (QED) is 0.588. The number of ether oxygens (including phenoxy) is 1. The Morgan fingerprint density at radius 2 is 1.73 bits per heavy atom. The van der Waals surface area contributed by atoms with Crippen LogP contribution in [0.1, 0.15) is 48.7 Å². The standard InChI is InChI=1S/C29H33F3N4O4/c1-17(2)13-22-26(37)34-24(21-14-18-5-3-4-6-19(18)15-21)27(38)36(22)25(28(39)35-9-11-40-12-10-35)20-7-8-23(33-16-20)29(30,31)32/h3-8,16-17,21-22,24-25H,9-15H2,1-2H3,(H,34,37)/t22-,24-,25-/m1/s1. The molecule has 2 fully saturated rings. The zero-order valence-electron chi connectivity index (χ0n) is 22.5. The van der Waals surface area contributed by atoms with Gasteiger partial charge in [-0.15, -0.1) is 0 Å². The van der Waals surface area contributed by atoms with Gasteiger partial charge in [0.05, 0.1) is 13.2 Å². The van der Waals surface area contributed by atoms with Crippen LogP contribution in [0.25, 0.3) is 0 Å². The molecule has 0 saturated carbocycles. The number of morpholine rings is 1. The van der Waals surface area contributed by atoms with Crippen LogP contribution in [0.15, 0.2) is 42.6 Å². The van der Waals surface area contributed by atoms with Crippen molar-refractivity contribution in [3.63, 3.8) is 0 Å². The van der Waals surface area contributed by atoms with Crippen molar-refractivity contribution in [3.8, 4) is 0 Å². The highest BCUT2D eigenvalue weighted by molar-refractivity contribution is 6.00. The SMILES string of the molecule is CC(C)C[C@@H]1C(=O)N[C@H](C2Cc3ccccc3C2)C(=O)N1[C@@H](C(=O)N1CCOCC1)c1ccc(C(F)(F)F)nc1. The van der Waals surface area contributed by atoms with Crippen molar-refractivity contribution < 1.29 is 32.3 Å². The summed E-state index contributed by atoms with van der Waals surface area (Å²) in [5, 5.41) is 2.94. The Morgan fingerprint density at radius 3 is 2.27 bits per heavy atom. The molecule has 214 valence electrons. The number of hydrogen-bond donors (Lipinski definition) is 1. The number of carbonyl (C=O) groups is 3. The van der Waals surface area contributed by atoms with E-state index in [-0.39, 0.29) is 42.8 Å². The molecule has 0 unspecified atom stereocenters. The van der Waals surface area contributed by atoms with E-state index in [0.717, 1.165) is 23.4 Å². The second-order valence-corrected chi connectivity index (χ2v) is 11.1. The number of carbonyl (C=O) groups excluding carboxylic acids is 3. The highest BCUT2D eigenvalue weighted by Crippen LogP contribution is 2.36. The summed E-state index contributed by atoms with van der Waals surface area (Å²) in [6.07, 6.45) is -2.18. The van der Waals surface area contributed by atoms with E-state index in [2.05, 4.69) is 10.3 Å². The van der Waals surface area contributed by atoms with Crippen molar-refractivity contribution in [2.24, 2.45) is 11.8 Å². The van der Waals surface area contributed by atoms with Crippen LogP contribution in [0.5, 0.6) is 0 Å². The minimum absolute atomic E-state index is 0.00297. The number of piperazine rings is 1. The minimum atomic E-state index is -4.66. The Labute approximate surface area is 230 Å². The third kappa shape index (κ3) is 5.56. The molecule has 8 nitrogen and oxygen atoms in total. The maximum atomic E-state index is 14.3. The summed E-state index contributed by atoms with van der Waals surface area (Å²) < 4.78 is 45.3. The van der Waals surface area contributed by atoms with Gasteiger partial charge in [0, 0.05) is 24.8 Å². The summed E-state index contributed by atoms with van der Waals surface area (Å²) in [6, 6.07) is 6.73. The predicted molar refractivity (Wildman–Crippen MR) is 139 cm³/mol. The van der Waals surface area contributed by atoms with Gasteiger partial charge >= 0.3 is 6.18 Å². The molecule has 1 N–H and O–H groups in total. The van der Waals surface area contributed by atoms with Crippen LogP contribution in [0.3, 0.4) is 0 Å². The lowest BCUT2D eigenvalue weighted by molar-refractivity contribution is -0.161. The number of aromatic nitrogens is 1. The Kier molecular flexibility index (Phi) is 7.85. The molecular weight excluding hydrogens is 525 g/mol. The molecule has 11 heteroatoms. The Bertz CT molecular complexity index is 1240. The maximum Gasteiger partial charge on any atom is 0.433 e. The molecule has 3 heterocycles. The van der Waals surface area contributed by atoms with Crippen LogP contribution in [-0.4, -0.2) is 70.9 Å². The molecule has 0 bridgehead atoms. The number of nitrogens with zero attached hydrogens (tertiary/aromatic N) is 3. The van der Waals surface area contributed by atoms with Crippen molar-refractivity contribution >= 4 is 17.7 Å². The smallest absolute Gasteiger partial charge is 0.378 e. The number of benzene rings is 1. The van der Waals surface area contributed by atoms with E-state index in [4.69, 9.17) is 4.74 Å². The summed E-state index contributed by atoms with van der Waals surface area (Å²) in [5.41, 5.74) is 1.25. The van der Waals surface area contributed by atoms with Gasteiger partial charge in [0.25, 0.3) is 0 Å². The Balaban J connectivity index is 1.56. The van der Waals surface area contributed by atoms with Crippen LogP contribution in [0.2, 0.25) is 0 Å². The van der Waals surface area contributed by atoms with Crippen LogP contribution in [-0.2, 0) is 38.1 Å². The molecule has 1 aromatic heterocycles. The first kappa shape index (κ1) is 28.1. The monoisotopic (exact) mass is 558 g/mol. The van der Waals surface area contributed by atoms with Gasteiger partial charge in [0.15, 0.2) is 0 Å². The molecule has 2 saturated heterocycles. The third-order valence-electron chi connectivity index (χ3n) is 7.93. The average Bonchev–Trinajstić information content (AvgIpc) is 3.36. The minimum Gasteiger partial charge on any atom is -0.378 e. The van der Waals surface area contributed by atoms with Crippen molar-refractivity contribution in [2.75, 3.05) is 26.3 Å². The number of halogens is 3. The number of nitrogens with one attached hydrogen (secondary N) is 1. The molecule has 1 aliphatic carbocycles. The molecular formula is C29H33F3N4O4. The second-order valence-electron chi connectivity index (χ2n) is 11.1. The molecule has 1 aromatic carbocycles. The van der Waals surface area contributed by atoms with Crippen LogP contribution >= 0.6 is 0 Å². The van der Waals surface area contributed by atoms with Gasteiger partial charge < -0.3 is 19.9 Å². The Hall–Kier alpha value is -3.47. The van der Waals surface area contributed by atoms with Gasteiger partial charge in [-0.1, -0.05) is 44.2 Å². The van der Waals surface area contributed by atoms with Crippen molar-refractivity contribution in [1.82, 2.24) is 20.1 Å². The number of alkyl halides is 3. The first-order chi connectivity index (χ1) is 19.0. The fourth-order valence-electron chi connectivity index (χ4n) is 5.99. The van der Waals surface area contributed by atoms with E-state index in [9.17, 15) is 27.6 Å². The van der Waals surface area contributed by atoms with E-state index in [0.29, 0.717) is 26.1 Å². The lowest BCUT2D eigenvalue weighted by Crippen LogP contribution is -2.67.